The Morgan fingerprint density at radius 1 is 1.27 bits per heavy atom. The molecule has 5 nitrogen and oxygen atoms in total. The molecule has 1 aromatic carbocycles. The molecular weight excluding hydrogens is 326 g/mol. The van der Waals surface area contributed by atoms with Crippen LogP contribution in [0.15, 0.2) is 24.3 Å². The minimum absolute atomic E-state index is 0.122. The molecule has 2 aliphatic rings. The van der Waals surface area contributed by atoms with Crippen LogP contribution in [-0.2, 0) is 9.53 Å². The zero-order chi connectivity index (χ0) is 18.4. The number of benzene rings is 1. The second kappa shape index (κ2) is 9.49. The summed E-state index contributed by atoms with van der Waals surface area (Å²) in [5, 5.41) is 6.50. The molecule has 5 heteroatoms. The summed E-state index contributed by atoms with van der Waals surface area (Å²) in [5.41, 5.74) is 2.17. The van der Waals surface area contributed by atoms with E-state index in [1.165, 1.54) is 18.4 Å². The summed E-state index contributed by atoms with van der Waals surface area (Å²) in [7, 11) is 0. The Kier molecular flexibility index (Phi) is 7.06. The van der Waals surface area contributed by atoms with Crippen LogP contribution in [0.3, 0.4) is 0 Å². The first-order valence-corrected chi connectivity index (χ1v) is 10.1. The van der Waals surface area contributed by atoms with E-state index in [0.717, 1.165) is 45.1 Å². The maximum Gasteiger partial charge on any atom is 0.224 e. The maximum atomic E-state index is 12.4. The number of carbonyl (C=O) groups is 1. The quantitative estimate of drug-likeness (QED) is 0.820. The van der Waals surface area contributed by atoms with Crippen LogP contribution in [-0.4, -0.2) is 50.2 Å². The van der Waals surface area contributed by atoms with Gasteiger partial charge in [0.25, 0.3) is 0 Å². The van der Waals surface area contributed by atoms with Gasteiger partial charge in [0.15, 0.2) is 0 Å². The molecule has 3 atom stereocenters. The molecule has 0 spiro atoms. The third kappa shape index (κ3) is 5.29. The maximum absolute atomic E-state index is 12.4. The van der Waals surface area contributed by atoms with Gasteiger partial charge in [-0.1, -0.05) is 19.1 Å². The standard InChI is InChI=1S/C21H33N3O2/c1-16(19-4-3-9-22-15-19)14-21(25)23-20-7-5-18(6-8-20)17(2)24-10-12-26-13-11-24/h5-8,16-17,19,22H,3-4,9-15H2,1-2H3,(H,23,25). The van der Waals surface area contributed by atoms with Gasteiger partial charge in [-0.15, -0.1) is 0 Å². The number of anilines is 1. The van der Waals surface area contributed by atoms with Gasteiger partial charge >= 0.3 is 0 Å². The molecule has 2 aliphatic heterocycles. The molecule has 2 N–H and O–H groups in total. The Bertz CT molecular complexity index is 563. The molecule has 0 radical (unpaired) electrons. The number of rotatable bonds is 6. The molecule has 3 rings (SSSR count). The van der Waals surface area contributed by atoms with Crippen molar-refractivity contribution >= 4 is 11.6 Å². The zero-order valence-electron chi connectivity index (χ0n) is 16.2. The first-order valence-electron chi connectivity index (χ1n) is 10.1. The van der Waals surface area contributed by atoms with Crippen molar-refractivity contribution in [1.29, 1.82) is 0 Å². The minimum atomic E-state index is 0.122. The van der Waals surface area contributed by atoms with Crippen molar-refractivity contribution in [2.75, 3.05) is 44.7 Å². The third-order valence-corrected chi connectivity index (χ3v) is 5.92. The highest BCUT2D eigenvalue weighted by Gasteiger charge is 2.22. The summed E-state index contributed by atoms with van der Waals surface area (Å²) in [6.07, 6.45) is 3.05. The highest BCUT2D eigenvalue weighted by molar-refractivity contribution is 5.90. The van der Waals surface area contributed by atoms with Gasteiger partial charge in [0.2, 0.25) is 5.91 Å². The Morgan fingerprint density at radius 3 is 2.65 bits per heavy atom. The van der Waals surface area contributed by atoms with Gasteiger partial charge in [-0.25, -0.2) is 0 Å². The van der Waals surface area contributed by atoms with E-state index in [-0.39, 0.29) is 5.91 Å². The van der Waals surface area contributed by atoms with Gasteiger partial charge < -0.3 is 15.4 Å². The normalized spacial score (nSPS) is 24.0. The molecule has 2 fully saturated rings. The van der Waals surface area contributed by atoms with Gasteiger partial charge in [0.1, 0.15) is 0 Å². The number of morpholine rings is 1. The molecule has 0 aliphatic carbocycles. The lowest BCUT2D eigenvalue weighted by Crippen LogP contribution is -2.38. The van der Waals surface area contributed by atoms with Crippen LogP contribution in [0.2, 0.25) is 0 Å². The topological polar surface area (TPSA) is 53.6 Å². The fourth-order valence-corrected chi connectivity index (χ4v) is 4.06. The Labute approximate surface area is 157 Å². The second-order valence-electron chi connectivity index (χ2n) is 7.78. The van der Waals surface area contributed by atoms with Crippen molar-refractivity contribution in [3.63, 3.8) is 0 Å². The van der Waals surface area contributed by atoms with E-state index in [9.17, 15) is 4.79 Å². The molecular formula is C21H33N3O2. The predicted molar refractivity (Wildman–Crippen MR) is 105 cm³/mol. The minimum Gasteiger partial charge on any atom is -0.379 e. The summed E-state index contributed by atoms with van der Waals surface area (Å²) >= 11 is 0. The van der Waals surface area contributed by atoms with Gasteiger partial charge in [-0.2, -0.15) is 0 Å². The molecule has 1 amide bonds. The van der Waals surface area contributed by atoms with Crippen molar-refractivity contribution in [2.24, 2.45) is 11.8 Å². The van der Waals surface area contributed by atoms with Crippen molar-refractivity contribution in [2.45, 2.75) is 39.2 Å². The second-order valence-corrected chi connectivity index (χ2v) is 7.78. The van der Waals surface area contributed by atoms with E-state index in [4.69, 9.17) is 4.74 Å². The monoisotopic (exact) mass is 359 g/mol. The molecule has 2 heterocycles. The Hall–Kier alpha value is -1.43. The summed E-state index contributed by atoms with van der Waals surface area (Å²) < 4.78 is 5.43. The van der Waals surface area contributed by atoms with Crippen LogP contribution < -0.4 is 10.6 Å². The van der Waals surface area contributed by atoms with Gasteiger partial charge in [-0.05, 0) is 62.4 Å². The number of hydrogen-bond acceptors (Lipinski definition) is 4. The Morgan fingerprint density at radius 2 is 2.00 bits per heavy atom. The van der Waals surface area contributed by atoms with E-state index in [1.807, 2.05) is 12.1 Å². The zero-order valence-corrected chi connectivity index (χ0v) is 16.2. The van der Waals surface area contributed by atoms with Crippen molar-refractivity contribution in [1.82, 2.24) is 10.2 Å². The van der Waals surface area contributed by atoms with Crippen LogP contribution in [0.25, 0.3) is 0 Å². The smallest absolute Gasteiger partial charge is 0.224 e. The SMILES string of the molecule is CC(CC(=O)Nc1ccc(C(C)N2CCOCC2)cc1)C1CCCNC1. The number of nitrogens with zero attached hydrogens (tertiary/aromatic N) is 1. The highest BCUT2D eigenvalue weighted by Crippen LogP contribution is 2.25. The first-order chi connectivity index (χ1) is 12.6. The lowest BCUT2D eigenvalue weighted by atomic mass is 9.85. The number of carbonyl (C=O) groups excluding carboxylic acids is 1. The van der Waals surface area contributed by atoms with E-state index in [1.54, 1.807) is 0 Å². The van der Waals surface area contributed by atoms with E-state index in [2.05, 4.69) is 41.5 Å². The molecule has 26 heavy (non-hydrogen) atoms. The van der Waals surface area contributed by atoms with Gasteiger partial charge in [-0.3, -0.25) is 9.69 Å². The fraction of sp³-hybridized carbons (Fsp3) is 0.667. The van der Waals surface area contributed by atoms with Crippen LogP contribution in [0.4, 0.5) is 5.69 Å². The number of nitrogens with one attached hydrogen (secondary N) is 2. The van der Waals surface area contributed by atoms with E-state index >= 15 is 0 Å². The summed E-state index contributed by atoms with van der Waals surface area (Å²) in [5.74, 6) is 1.16. The molecule has 0 aromatic heterocycles. The number of ether oxygens (including phenoxy) is 1. The summed E-state index contributed by atoms with van der Waals surface area (Å²) in [6.45, 7) is 10.2. The van der Waals surface area contributed by atoms with Crippen LogP contribution in [0, 0.1) is 11.8 Å². The molecule has 144 valence electrons. The number of piperidine rings is 1. The lowest BCUT2D eigenvalue weighted by Gasteiger charge is -2.32. The van der Waals surface area contributed by atoms with Crippen molar-refractivity contribution in [3.05, 3.63) is 29.8 Å². The lowest BCUT2D eigenvalue weighted by molar-refractivity contribution is -0.117. The van der Waals surface area contributed by atoms with E-state index < -0.39 is 0 Å². The molecule has 3 unspecified atom stereocenters. The highest BCUT2D eigenvalue weighted by atomic mass is 16.5. The predicted octanol–water partition coefficient (Wildman–Crippen LogP) is 3.04. The molecule has 0 bridgehead atoms. The molecule has 1 aromatic rings. The van der Waals surface area contributed by atoms with Crippen LogP contribution in [0.1, 0.15) is 44.7 Å². The number of amides is 1. The van der Waals surface area contributed by atoms with Gasteiger partial charge in [0, 0.05) is 31.2 Å². The first kappa shape index (κ1) is 19.3. The molecule has 2 saturated heterocycles. The van der Waals surface area contributed by atoms with Gasteiger partial charge in [0.05, 0.1) is 13.2 Å². The number of hydrogen-bond donors (Lipinski definition) is 2. The van der Waals surface area contributed by atoms with Crippen LogP contribution in [0.5, 0.6) is 0 Å². The van der Waals surface area contributed by atoms with Crippen molar-refractivity contribution in [3.8, 4) is 0 Å². The van der Waals surface area contributed by atoms with Crippen molar-refractivity contribution < 1.29 is 9.53 Å². The third-order valence-electron chi connectivity index (χ3n) is 5.92. The fourth-order valence-electron chi connectivity index (χ4n) is 4.06. The summed E-state index contributed by atoms with van der Waals surface area (Å²) in [6, 6.07) is 8.69. The Balaban J connectivity index is 1.49. The summed E-state index contributed by atoms with van der Waals surface area (Å²) in [4.78, 5) is 14.8. The average Bonchev–Trinajstić information content (AvgIpc) is 2.69. The van der Waals surface area contributed by atoms with E-state index in [0.29, 0.717) is 24.3 Å². The largest absolute Gasteiger partial charge is 0.379 e. The van der Waals surface area contributed by atoms with Crippen LogP contribution >= 0.6 is 0 Å². The molecule has 0 saturated carbocycles. The average molecular weight is 360 g/mol.